The molecule has 1 heterocycles. The highest BCUT2D eigenvalue weighted by atomic mass is 16.1. The Hall–Kier alpha value is -0.370. The van der Waals surface area contributed by atoms with E-state index in [4.69, 9.17) is 0 Å². The van der Waals surface area contributed by atoms with Gasteiger partial charge in [-0.3, -0.25) is 0 Å². The predicted molar refractivity (Wildman–Crippen MR) is 40.9 cm³/mol. The molecule has 1 aliphatic heterocycles. The van der Waals surface area contributed by atoms with E-state index >= 15 is 0 Å². The van der Waals surface area contributed by atoms with E-state index in [1.807, 2.05) is 0 Å². The first-order valence-corrected chi connectivity index (χ1v) is 4.00. The zero-order chi connectivity index (χ0) is 7.45. The Bertz CT molecular complexity index is 116. The first-order chi connectivity index (χ1) is 4.83. The van der Waals surface area contributed by atoms with Gasteiger partial charge in [0.2, 0.25) is 0 Å². The molecule has 0 aromatic carbocycles. The normalized spacial score (nSPS) is 24.1. The molecule has 0 spiro atoms. The second kappa shape index (κ2) is 3.15. The van der Waals surface area contributed by atoms with Gasteiger partial charge < -0.3 is 10.1 Å². The van der Waals surface area contributed by atoms with Gasteiger partial charge in [-0.15, -0.1) is 0 Å². The molecule has 0 atom stereocenters. The van der Waals surface area contributed by atoms with Gasteiger partial charge in [-0.1, -0.05) is 6.92 Å². The maximum absolute atomic E-state index is 10.7. The van der Waals surface area contributed by atoms with E-state index in [1.165, 1.54) is 0 Å². The van der Waals surface area contributed by atoms with E-state index in [0.29, 0.717) is 0 Å². The van der Waals surface area contributed by atoms with Crippen molar-refractivity contribution in [1.29, 1.82) is 0 Å². The van der Waals surface area contributed by atoms with Crippen molar-refractivity contribution in [3.8, 4) is 0 Å². The largest absolute Gasteiger partial charge is 0.317 e. The number of nitrogens with one attached hydrogen (secondary N) is 1. The molecule has 0 aliphatic carbocycles. The lowest BCUT2D eigenvalue weighted by Crippen LogP contribution is -2.37. The number of piperidine rings is 1. The van der Waals surface area contributed by atoms with Crippen LogP contribution in [0.3, 0.4) is 0 Å². The van der Waals surface area contributed by atoms with Crippen molar-refractivity contribution in [2.75, 3.05) is 13.1 Å². The molecule has 1 aliphatic rings. The molecule has 0 amide bonds. The highest BCUT2D eigenvalue weighted by Crippen LogP contribution is 2.29. The van der Waals surface area contributed by atoms with Crippen LogP contribution in [0.15, 0.2) is 0 Å². The van der Waals surface area contributed by atoms with Gasteiger partial charge in [0.05, 0.1) is 0 Å². The molecule has 1 rings (SSSR count). The molecule has 1 fully saturated rings. The van der Waals surface area contributed by atoms with E-state index in [0.717, 1.165) is 38.6 Å². The average Bonchev–Trinajstić information content (AvgIpc) is 2.06. The minimum Gasteiger partial charge on any atom is -0.317 e. The molecule has 10 heavy (non-hydrogen) atoms. The van der Waals surface area contributed by atoms with Gasteiger partial charge in [-0.2, -0.15) is 0 Å². The third kappa shape index (κ3) is 1.37. The van der Waals surface area contributed by atoms with Crippen molar-refractivity contribution < 1.29 is 4.79 Å². The summed E-state index contributed by atoms with van der Waals surface area (Å²) in [5.41, 5.74) is 0.0191. The van der Waals surface area contributed by atoms with Crippen molar-refractivity contribution in [2.45, 2.75) is 26.2 Å². The highest BCUT2D eigenvalue weighted by molar-refractivity contribution is 5.59. The fraction of sp³-hybridized carbons (Fsp3) is 0.875. The minimum atomic E-state index is 0.0191. The molecule has 0 unspecified atom stereocenters. The second-order valence-electron chi connectivity index (χ2n) is 3.08. The number of hydrogen-bond acceptors (Lipinski definition) is 2. The van der Waals surface area contributed by atoms with Gasteiger partial charge in [0, 0.05) is 5.41 Å². The summed E-state index contributed by atoms with van der Waals surface area (Å²) < 4.78 is 0. The third-order valence-electron chi connectivity index (χ3n) is 2.55. The van der Waals surface area contributed by atoms with Crippen molar-refractivity contribution >= 4 is 6.29 Å². The first-order valence-electron chi connectivity index (χ1n) is 4.00. The first kappa shape index (κ1) is 7.73. The van der Waals surface area contributed by atoms with Crippen molar-refractivity contribution in [3.63, 3.8) is 0 Å². The molecular formula is C8H15NO. The Balaban J connectivity index is 2.52. The van der Waals surface area contributed by atoms with Gasteiger partial charge in [0.15, 0.2) is 0 Å². The smallest absolute Gasteiger partial charge is 0.126 e. The lowest BCUT2D eigenvalue weighted by Gasteiger charge is -2.31. The van der Waals surface area contributed by atoms with Crippen LogP contribution in [0.4, 0.5) is 0 Å². The molecular weight excluding hydrogens is 126 g/mol. The van der Waals surface area contributed by atoms with Crippen molar-refractivity contribution in [2.24, 2.45) is 5.41 Å². The summed E-state index contributed by atoms with van der Waals surface area (Å²) in [5.74, 6) is 0. The minimum absolute atomic E-state index is 0.0191. The summed E-state index contributed by atoms with van der Waals surface area (Å²) in [6.07, 6.45) is 4.19. The number of carbonyl (C=O) groups excluding carboxylic acids is 1. The number of hydrogen-bond donors (Lipinski definition) is 1. The zero-order valence-corrected chi connectivity index (χ0v) is 6.52. The fourth-order valence-electron chi connectivity index (χ4n) is 1.48. The van der Waals surface area contributed by atoms with Gasteiger partial charge >= 0.3 is 0 Å². The van der Waals surface area contributed by atoms with Crippen LogP contribution in [0.25, 0.3) is 0 Å². The standard InChI is InChI=1S/C8H15NO/c1-2-8(7-10)3-5-9-6-4-8/h7,9H,2-6H2,1H3. The lowest BCUT2D eigenvalue weighted by molar-refractivity contribution is -0.117. The van der Waals surface area contributed by atoms with E-state index in [1.54, 1.807) is 0 Å². The Kier molecular flexibility index (Phi) is 2.44. The van der Waals surface area contributed by atoms with Crippen molar-refractivity contribution in [1.82, 2.24) is 5.32 Å². The van der Waals surface area contributed by atoms with Gasteiger partial charge in [-0.05, 0) is 32.4 Å². The molecule has 2 heteroatoms. The molecule has 0 radical (unpaired) electrons. The summed E-state index contributed by atoms with van der Waals surface area (Å²) in [5, 5.41) is 3.25. The Morgan fingerprint density at radius 2 is 2.10 bits per heavy atom. The van der Waals surface area contributed by atoms with E-state index in [9.17, 15) is 4.79 Å². The maximum atomic E-state index is 10.7. The SMILES string of the molecule is CCC1(C=O)CCNCC1. The van der Waals surface area contributed by atoms with E-state index in [2.05, 4.69) is 12.2 Å². The van der Waals surface area contributed by atoms with Crippen LogP contribution in [0, 0.1) is 5.41 Å². The summed E-state index contributed by atoms with van der Waals surface area (Å²) in [4.78, 5) is 10.7. The summed E-state index contributed by atoms with van der Waals surface area (Å²) in [6.45, 7) is 4.11. The van der Waals surface area contributed by atoms with Crippen LogP contribution >= 0.6 is 0 Å². The summed E-state index contributed by atoms with van der Waals surface area (Å²) in [7, 11) is 0. The Morgan fingerprint density at radius 1 is 1.50 bits per heavy atom. The number of rotatable bonds is 2. The molecule has 1 saturated heterocycles. The molecule has 0 aromatic heterocycles. The molecule has 0 saturated carbocycles. The third-order valence-corrected chi connectivity index (χ3v) is 2.55. The van der Waals surface area contributed by atoms with Crippen LogP contribution in [0.1, 0.15) is 26.2 Å². The molecule has 1 N–H and O–H groups in total. The van der Waals surface area contributed by atoms with Crippen LogP contribution in [-0.2, 0) is 4.79 Å². The van der Waals surface area contributed by atoms with Gasteiger partial charge in [-0.25, -0.2) is 0 Å². The fourth-order valence-corrected chi connectivity index (χ4v) is 1.48. The molecule has 2 nitrogen and oxygen atoms in total. The quantitative estimate of drug-likeness (QED) is 0.580. The summed E-state index contributed by atoms with van der Waals surface area (Å²) >= 11 is 0. The van der Waals surface area contributed by atoms with E-state index in [-0.39, 0.29) is 5.41 Å². The number of carbonyl (C=O) groups is 1. The molecule has 0 bridgehead atoms. The Morgan fingerprint density at radius 3 is 2.40 bits per heavy atom. The van der Waals surface area contributed by atoms with Crippen molar-refractivity contribution in [3.05, 3.63) is 0 Å². The second-order valence-corrected chi connectivity index (χ2v) is 3.08. The van der Waals surface area contributed by atoms with Crippen LogP contribution in [0.5, 0.6) is 0 Å². The maximum Gasteiger partial charge on any atom is 0.126 e. The molecule has 58 valence electrons. The predicted octanol–water partition coefficient (Wildman–Crippen LogP) is 0.965. The Labute approximate surface area is 62.0 Å². The van der Waals surface area contributed by atoms with Crippen LogP contribution in [0.2, 0.25) is 0 Å². The van der Waals surface area contributed by atoms with Crippen LogP contribution < -0.4 is 5.32 Å². The zero-order valence-electron chi connectivity index (χ0n) is 6.52. The van der Waals surface area contributed by atoms with Gasteiger partial charge in [0.1, 0.15) is 6.29 Å². The lowest BCUT2D eigenvalue weighted by atomic mass is 9.78. The highest BCUT2D eigenvalue weighted by Gasteiger charge is 2.28. The topological polar surface area (TPSA) is 29.1 Å². The number of aldehydes is 1. The van der Waals surface area contributed by atoms with Gasteiger partial charge in [0.25, 0.3) is 0 Å². The van der Waals surface area contributed by atoms with Crippen LogP contribution in [-0.4, -0.2) is 19.4 Å². The summed E-state index contributed by atoms with van der Waals surface area (Å²) in [6, 6.07) is 0. The van der Waals surface area contributed by atoms with E-state index < -0.39 is 0 Å². The monoisotopic (exact) mass is 141 g/mol. The average molecular weight is 141 g/mol. The molecule has 0 aromatic rings.